The zero-order chi connectivity index (χ0) is 11.2. The average Bonchev–Trinajstić information content (AvgIpc) is 2.77. The molecule has 0 aliphatic heterocycles. The molecular formula is C13H19BrN2. The second-order valence-corrected chi connectivity index (χ2v) is 5.53. The predicted molar refractivity (Wildman–Crippen MR) is 71.6 cm³/mol. The van der Waals surface area contributed by atoms with E-state index in [-0.39, 0.29) is 0 Å². The lowest BCUT2D eigenvalue weighted by Gasteiger charge is -2.09. The van der Waals surface area contributed by atoms with Crippen LogP contribution in [-0.4, -0.2) is 11.5 Å². The van der Waals surface area contributed by atoms with Crippen molar-refractivity contribution >= 4 is 21.6 Å². The van der Waals surface area contributed by atoms with E-state index in [0.29, 0.717) is 0 Å². The highest BCUT2D eigenvalue weighted by Crippen LogP contribution is 2.28. The Bertz CT molecular complexity index is 321. The summed E-state index contributed by atoms with van der Waals surface area (Å²) < 4.78 is 1.04. The number of nitrogens with one attached hydrogen (secondary N) is 1. The van der Waals surface area contributed by atoms with Gasteiger partial charge in [-0.15, -0.1) is 0 Å². The number of hydrogen-bond donors (Lipinski definition) is 1. The number of aromatic nitrogens is 1. The Labute approximate surface area is 106 Å². The SMILES string of the molecule is Brc1cncc(NCCCC2CCCC2)c1. The normalized spacial score (nSPS) is 16.6. The maximum absolute atomic E-state index is 4.13. The minimum Gasteiger partial charge on any atom is -0.384 e. The number of nitrogens with zero attached hydrogens (tertiary/aromatic N) is 1. The van der Waals surface area contributed by atoms with E-state index >= 15 is 0 Å². The Morgan fingerprint density at radius 2 is 2.12 bits per heavy atom. The highest BCUT2D eigenvalue weighted by molar-refractivity contribution is 9.10. The van der Waals surface area contributed by atoms with Gasteiger partial charge in [0.15, 0.2) is 0 Å². The molecule has 2 rings (SSSR count). The second-order valence-electron chi connectivity index (χ2n) is 4.61. The maximum atomic E-state index is 4.13. The van der Waals surface area contributed by atoms with Crippen molar-refractivity contribution in [3.05, 3.63) is 22.9 Å². The van der Waals surface area contributed by atoms with Gasteiger partial charge in [-0.2, -0.15) is 0 Å². The lowest BCUT2D eigenvalue weighted by Crippen LogP contribution is -2.04. The van der Waals surface area contributed by atoms with Crippen molar-refractivity contribution in [2.75, 3.05) is 11.9 Å². The van der Waals surface area contributed by atoms with E-state index in [1.165, 1.54) is 38.5 Å². The molecule has 1 saturated carbocycles. The molecule has 1 heterocycles. The smallest absolute Gasteiger partial charge is 0.0538 e. The zero-order valence-electron chi connectivity index (χ0n) is 9.58. The summed E-state index contributed by atoms with van der Waals surface area (Å²) in [6, 6.07) is 2.07. The Kier molecular flexibility index (Phi) is 4.64. The van der Waals surface area contributed by atoms with Crippen LogP contribution in [0, 0.1) is 5.92 Å². The van der Waals surface area contributed by atoms with Crippen molar-refractivity contribution < 1.29 is 0 Å². The molecule has 1 aromatic rings. The van der Waals surface area contributed by atoms with Crippen LogP contribution < -0.4 is 5.32 Å². The van der Waals surface area contributed by atoms with E-state index in [9.17, 15) is 0 Å². The van der Waals surface area contributed by atoms with E-state index in [1.807, 2.05) is 12.4 Å². The number of pyridine rings is 1. The summed E-state index contributed by atoms with van der Waals surface area (Å²) in [7, 11) is 0. The van der Waals surface area contributed by atoms with Crippen LogP contribution in [0.15, 0.2) is 22.9 Å². The molecule has 88 valence electrons. The summed E-state index contributed by atoms with van der Waals surface area (Å²) in [6.07, 6.45) is 12.2. The molecule has 1 aromatic heterocycles. The molecule has 0 radical (unpaired) electrons. The van der Waals surface area contributed by atoms with Crippen LogP contribution in [-0.2, 0) is 0 Å². The van der Waals surface area contributed by atoms with Gasteiger partial charge < -0.3 is 5.32 Å². The van der Waals surface area contributed by atoms with Crippen molar-refractivity contribution in [2.45, 2.75) is 38.5 Å². The van der Waals surface area contributed by atoms with Crippen molar-refractivity contribution in [1.29, 1.82) is 0 Å². The molecule has 0 saturated heterocycles. The molecular weight excluding hydrogens is 264 g/mol. The average molecular weight is 283 g/mol. The Hall–Kier alpha value is -0.570. The number of rotatable bonds is 5. The highest BCUT2D eigenvalue weighted by Gasteiger charge is 2.13. The fraction of sp³-hybridized carbons (Fsp3) is 0.615. The number of halogens is 1. The van der Waals surface area contributed by atoms with E-state index in [1.54, 1.807) is 0 Å². The van der Waals surface area contributed by atoms with E-state index in [4.69, 9.17) is 0 Å². The molecule has 3 heteroatoms. The monoisotopic (exact) mass is 282 g/mol. The first kappa shape index (κ1) is 11.9. The molecule has 1 aliphatic rings. The van der Waals surface area contributed by atoms with Gasteiger partial charge in [-0.3, -0.25) is 4.98 Å². The quantitative estimate of drug-likeness (QED) is 0.818. The summed E-state index contributed by atoms with van der Waals surface area (Å²) in [5.74, 6) is 1.00. The lowest BCUT2D eigenvalue weighted by atomic mass is 10.0. The summed E-state index contributed by atoms with van der Waals surface area (Å²) in [5, 5.41) is 3.42. The molecule has 0 aromatic carbocycles. The fourth-order valence-corrected chi connectivity index (χ4v) is 2.80. The first-order chi connectivity index (χ1) is 7.84. The molecule has 0 spiro atoms. The fourth-order valence-electron chi connectivity index (χ4n) is 2.43. The van der Waals surface area contributed by atoms with Crippen molar-refractivity contribution in [3.63, 3.8) is 0 Å². The molecule has 0 amide bonds. The van der Waals surface area contributed by atoms with Crippen LogP contribution >= 0.6 is 15.9 Å². The van der Waals surface area contributed by atoms with Gasteiger partial charge >= 0.3 is 0 Å². The number of hydrogen-bond acceptors (Lipinski definition) is 2. The van der Waals surface area contributed by atoms with Crippen LogP contribution in [0.4, 0.5) is 5.69 Å². The molecule has 1 aliphatic carbocycles. The van der Waals surface area contributed by atoms with Crippen LogP contribution in [0.25, 0.3) is 0 Å². The third kappa shape index (κ3) is 3.78. The van der Waals surface area contributed by atoms with Gasteiger partial charge in [0.25, 0.3) is 0 Å². The molecule has 1 N–H and O–H groups in total. The first-order valence-corrected chi connectivity index (χ1v) is 6.98. The molecule has 0 unspecified atom stereocenters. The van der Waals surface area contributed by atoms with Crippen LogP contribution in [0.5, 0.6) is 0 Å². The van der Waals surface area contributed by atoms with Gasteiger partial charge in [0, 0.05) is 17.2 Å². The van der Waals surface area contributed by atoms with Crippen LogP contribution in [0.1, 0.15) is 38.5 Å². The molecule has 2 nitrogen and oxygen atoms in total. The topological polar surface area (TPSA) is 24.9 Å². The standard InChI is InChI=1S/C13H19BrN2/c14-12-8-13(10-15-9-12)16-7-3-6-11-4-1-2-5-11/h8-11,16H,1-7H2. The van der Waals surface area contributed by atoms with Gasteiger partial charge in [0.2, 0.25) is 0 Å². The molecule has 0 bridgehead atoms. The third-order valence-electron chi connectivity index (χ3n) is 3.30. The summed E-state index contributed by atoms with van der Waals surface area (Å²) in [5.41, 5.74) is 1.11. The van der Waals surface area contributed by atoms with E-state index in [0.717, 1.165) is 22.6 Å². The Morgan fingerprint density at radius 3 is 2.88 bits per heavy atom. The van der Waals surface area contributed by atoms with Crippen LogP contribution in [0.3, 0.4) is 0 Å². The van der Waals surface area contributed by atoms with Gasteiger partial charge in [0.1, 0.15) is 0 Å². The first-order valence-electron chi connectivity index (χ1n) is 6.19. The number of anilines is 1. The van der Waals surface area contributed by atoms with Gasteiger partial charge in [-0.25, -0.2) is 0 Å². The zero-order valence-corrected chi connectivity index (χ0v) is 11.2. The van der Waals surface area contributed by atoms with Gasteiger partial charge in [-0.1, -0.05) is 25.7 Å². The maximum Gasteiger partial charge on any atom is 0.0538 e. The Morgan fingerprint density at radius 1 is 1.31 bits per heavy atom. The summed E-state index contributed by atoms with van der Waals surface area (Å²) in [4.78, 5) is 4.13. The molecule has 1 fully saturated rings. The van der Waals surface area contributed by atoms with E-state index in [2.05, 4.69) is 32.3 Å². The molecule has 16 heavy (non-hydrogen) atoms. The predicted octanol–water partition coefficient (Wildman–Crippen LogP) is 4.23. The van der Waals surface area contributed by atoms with E-state index < -0.39 is 0 Å². The van der Waals surface area contributed by atoms with Crippen molar-refractivity contribution in [2.24, 2.45) is 5.92 Å². The van der Waals surface area contributed by atoms with Crippen LogP contribution in [0.2, 0.25) is 0 Å². The highest BCUT2D eigenvalue weighted by atomic mass is 79.9. The van der Waals surface area contributed by atoms with Crippen molar-refractivity contribution in [3.8, 4) is 0 Å². The third-order valence-corrected chi connectivity index (χ3v) is 3.73. The summed E-state index contributed by atoms with van der Waals surface area (Å²) >= 11 is 3.42. The van der Waals surface area contributed by atoms with Gasteiger partial charge in [-0.05, 0) is 40.8 Å². The Balaban J connectivity index is 1.64. The molecule has 0 atom stereocenters. The van der Waals surface area contributed by atoms with Crippen molar-refractivity contribution in [1.82, 2.24) is 4.98 Å². The summed E-state index contributed by atoms with van der Waals surface area (Å²) in [6.45, 7) is 1.06. The largest absolute Gasteiger partial charge is 0.384 e. The minimum absolute atomic E-state index is 1.00. The minimum atomic E-state index is 1.00. The lowest BCUT2D eigenvalue weighted by molar-refractivity contribution is 0.491. The van der Waals surface area contributed by atoms with Gasteiger partial charge in [0.05, 0.1) is 11.9 Å². The second kappa shape index (κ2) is 6.24.